The third-order valence-corrected chi connectivity index (χ3v) is 4.84. The fourth-order valence-corrected chi connectivity index (χ4v) is 3.21. The summed E-state index contributed by atoms with van der Waals surface area (Å²) in [5.74, 6) is 6.78. The van der Waals surface area contributed by atoms with E-state index in [1.165, 1.54) is 22.0 Å². The van der Waals surface area contributed by atoms with Gasteiger partial charge in [-0.1, -0.05) is 54.6 Å². The van der Waals surface area contributed by atoms with Crippen LogP contribution in [0.4, 0.5) is 5.69 Å². The Labute approximate surface area is 156 Å². The monoisotopic (exact) mass is 367 g/mol. The summed E-state index contributed by atoms with van der Waals surface area (Å²) >= 11 is 1.26. The molecule has 3 rings (SSSR count). The van der Waals surface area contributed by atoms with Gasteiger partial charge in [-0.3, -0.25) is 4.79 Å². The maximum atomic E-state index is 12.2. The molecular weight excluding hydrogens is 346 g/mol. The van der Waals surface area contributed by atoms with E-state index < -0.39 is 0 Å². The Balaban J connectivity index is 1.64. The summed E-state index contributed by atoms with van der Waals surface area (Å²) in [5, 5.41) is 11.6. The zero-order valence-electron chi connectivity index (χ0n) is 14.8. The van der Waals surface area contributed by atoms with Crippen molar-refractivity contribution in [3.05, 3.63) is 59.7 Å². The first kappa shape index (κ1) is 18.0. The van der Waals surface area contributed by atoms with Crippen molar-refractivity contribution in [1.29, 1.82) is 0 Å². The van der Waals surface area contributed by atoms with Gasteiger partial charge in [0.1, 0.15) is 0 Å². The molecule has 2 aromatic carbocycles. The van der Waals surface area contributed by atoms with Gasteiger partial charge in [-0.2, -0.15) is 0 Å². The summed E-state index contributed by atoms with van der Waals surface area (Å²) in [6.45, 7) is 4.09. The SMILES string of the molecule is CCc1cccc(NC(=O)CSc2nnc(-c3cccc(C)c3)n2N)c1. The zero-order chi connectivity index (χ0) is 18.5. The van der Waals surface area contributed by atoms with E-state index in [1.807, 2.05) is 55.5 Å². The van der Waals surface area contributed by atoms with Crippen molar-refractivity contribution in [3.8, 4) is 11.4 Å². The molecule has 0 aliphatic heterocycles. The number of aromatic nitrogens is 3. The molecule has 134 valence electrons. The summed E-state index contributed by atoms with van der Waals surface area (Å²) in [4.78, 5) is 12.2. The van der Waals surface area contributed by atoms with Crippen LogP contribution in [-0.2, 0) is 11.2 Å². The molecule has 0 fully saturated rings. The molecule has 0 atom stereocenters. The molecule has 1 amide bonds. The van der Waals surface area contributed by atoms with Crippen LogP contribution in [0.25, 0.3) is 11.4 Å². The number of carbonyl (C=O) groups is 1. The van der Waals surface area contributed by atoms with E-state index in [0.717, 1.165) is 23.2 Å². The zero-order valence-corrected chi connectivity index (χ0v) is 15.6. The lowest BCUT2D eigenvalue weighted by molar-refractivity contribution is -0.113. The minimum absolute atomic E-state index is 0.108. The number of nitrogens with zero attached hydrogens (tertiary/aromatic N) is 3. The lowest BCUT2D eigenvalue weighted by Gasteiger charge is -2.07. The van der Waals surface area contributed by atoms with Gasteiger partial charge in [-0.25, -0.2) is 4.68 Å². The van der Waals surface area contributed by atoms with E-state index in [-0.39, 0.29) is 11.7 Å². The summed E-state index contributed by atoms with van der Waals surface area (Å²) < 4.78 is 1.42. The number of hydrogen-bond donors (Lipinski definition) is 2. The first-order valence-electron chi connectivity index (χ1n) is 8.36. The van der Waals surface area contributed by atoms with E-state index in [2.05, 4.69) is 22.4 Å². The average Bonchev–Trinajstić information content (AvgIpc) is 3.01. The van der Waals surface area contributed by atoms with Crippen LogP contribution in [0.15, 0.2) is 53.7 Å². The maximum absolute atomic E-state index is 12.2. The van der Waals surface area contributed by atoms with Crippen LogP contribution in [0.2, 0.25) is 0 Å². The number of aryl methyl sites for hydroxylation is 2. The second kappa shape index (κ2) is 8.05. The predicted octanol–water partition coefficient (Wildman–Crippen LogP) is 3.26. The maximum Gasteiger partial charge on any atom is 0.234 e. The van der Waals surface area contributed by atoms with Crippen LogP contribution in [0, 0.1) is 6.92 Å². The fraction of sp³-hybridized carbons (Fsp3) is 0.211. The number of nitrogens with two attached hydrogens (primary N) is 1. The minimum atomic E-state index is -0.108. The van der Waals surface area contributed by atoms with Gasteiger partial charge in [-0.15, -0.1) is 10.2 Å². The second-order valence-corrected chi connectivity index (χ2v) is 6.88. The van der Waals surface area contributed by atoms with Crippen molar-refractivity contribution in [2.45, 2.75) is 25.4 Å². The van der Waals surface area contributed by atoms with Crippen molar-refractivity contribution < 1.29 is 4.79 Å². The number of carbonyl (C=O) groups excluding carboxylic acids is 1. The Bertz CT molecular complexity index is 922. The highest BCUT2D eigenvalue weighted by molar-refractivity contribution is 7.99. The highest BCUT2D eigenvalue weighted by atomic mass is 32.2. The van der Waals surface area contributed by atoms with E-state index in [4.69, 9.17) is 5.84 Å². The van der Waals surface area contributed by atoms with Crippen LogP contribution in [0.5, 0.6) is 0 Å². The van der Waals surface area contributed by atoms with Gasteiger partial charge >= 0.3 is 0 Å². The molecular formula is C19H21N5OS. The number of nitrogen functional groups attached to an aromatic ring is 1. The number of nitrogens with one attached hydrogen (secondary N) is 1. The van der Waals surface area contributed by atoms with Gasteiger partial charge < -0.3 is 11.2 Å². The molecule has 0 saturated heterocycles. The lowest BCUT2D eigenvalue weighted by atomic mass is 10.1. The Morgan fingerprint density at radius 3 is 2.77 bits per heavy atom. The van der Waals surface area contributed by atoms with Crippen LogP contribution in [0.3, 0.4) is 0 Å². The number of benzene rings is 2. The summed E-state index contributed by atoms with van der Waals surface area (Å²) in [7, 11) is 0. The molecule has 0 spiro atoms. The van der Waals surface area contributed by atoms with Crippen LogP contribution in [-0.4, -0.2) is 26.5 Å². The summed E-state index contributed by atoms with van der Waals surface area (Å²) in [6, 6.07) is 15.7. The lowest BCUT2D eigenvalue weighted by Crippen LogP contribution is -2.16. The number of rotatable bonds is 6. The molecule has 0 saturated carbocycles. The molecule has 7 heteroatoms. The van der Waals surface area contributed by atoms with E-state index in [9.17, 15) is 4.79 Å². The van der Waals surface area contributed by atoms with Crippen LogP contribution < -0.4 is 11.2 Å². The van der Waals surface area contributed by atoms with E-state index in [1.54, 1.807) is 0 Å². The van der Waals surface area contributed by atoms with E-state index in [0.29, 0.717) is 11.0 Å². The van der Waals surface area contributed by atoms with Gasteiger partial charge in [-0.05, 0) is 37.1 Å². The van der Waals surface area contributed by atoms with Crippen molar-refractivity contribution in [1.82, 2.24) is 14.9 Å². The third-order valence-electron chi connectivity index (χ3n) is 3.89. The van der Waals surface area contributed by atoms with Gasteiger partial charge in [0.2, 0.25) is 11.1 Å². The van der Waals surface area contributed by atoms with Crippen molar-refractivity contribution in [3.63, 3.8) is 0 Å². The Morgan fingerprint density at radius 1 is 1.19 bits per heavy atom. The molecule has 1 aromatic heterocycles. The van der Waals surface area contributed by atoms with Gasteiger partial charge in [0.15, 0.2) is 5.82 Å². The molecule has 6 nitrogen and oxygen atoms in total. The topological polar surface area (TPSA) is 85.8 Å². The molecule has 26 heavy (non-hydrogen) atoms. The highest BCUT2D eigenvalue weighted by Crippen LogP contribution is 2.22. The van der Waals surface area contributed by atoms with E-state index >= 15 is 0 Å². The molecule has 3 N–H and O–H groups in total. The molecule has 3 aromatic rings. The molecule has 1 heterocycles. The van der Waals surface area contributed by atoms with Crippen LogP contribution in [0.1, 0.15) is 18.1 Å². The standard InChI is InChI=1S/C19H21N5OS/c1-3-14-7-5-9-16(11-14)21-17(25)12-26-19-23-22-18(24(19)20)15-8-4-6-13(2)10-15/h4-11H,3,12,20H2,1-2H3,(H,21,25). The smallest absolute Gasteiger partial charge is 0.234 e. The summed E-state index contributed by atoms with van der Waals surface area (Å²) in [6.07, 6.45) is 0.927. The van der Waals surface area contributed by atoms with Crippen molar-refractivity contribution in [2.75, 3.05) is 16.9 Å². The Hall–Kier alpha value is -2.80. The second-order valence-electron chi connectivity index (χ2n) is 5.94. The Morgan fingerprint density at radius 2 is 2.00 bits per heavy atom. The molecule has 0 aliphatic carbocycles. The number of amides is 1. The van der Waals surface area contributed by atoms with Crippen LogP contribution >= 0.6 is 11.8 Å². The fourth-order valence-electron chi connectivity index (χ4n) is 2.55. The average molecular weight is 367 g/mol. The van der Waals surface area contributed by atoms with Gasteiger partial charge in [0, 0.05) is 11.3 Å². The van der Waals surface area contributed by atoms with Crippen molar-refractivity contribution in [2.24, 2.45) is 0 Å². The molecule has 0 radical (unpaired) electrons. The minimum Gasteiger partial charge on any atom is -0.335 e. The van der Waals surface area contributed by atoms with Crippen molar-refractivity contribution >= 4 is 23.4 Å². The first-order valence-corrected chi connectivity index (χ1v) is 9.34. The Kier molecular flexibility index (Phi) is 5.58. The molecule has 0 aliphatic rings. The number of thioether (sulfide) groups is 1. The van der Waals surface area contributed by atoms with Gasteiger partial charge in [0.25, 0.3) is 0 Å². The first-order chi connectivity index (χ1) is 12.6. The number of hydrogen-bond acceptors (Lipinski definition) is 5. The largest absolute Gasteiger partial charge is 0.335 e. The predicted molar refractivity (Wildman–Crippen MR) is 106 cm³/mol. The normalized spacial score (nSPS) is 10.7. The highest BCUT2D eigenvalue weighted by Gasteiger charge is 2.14. The molecule has 0 bridgehead atoms. The summed E-state index contributed by atoms with van der Waals surface area (Å²) in [5.41, 5.74) is 3.99. The quantitative estimate of drug-likeness (QED) is 0.516. The van der Waals surface area contributed by atoms with Gasteiger partial charge in [0.05, 0.1) is 5.75 Å². The number of anilines is 1. The molecule has 0 unspecified atom stereocenters. The third kappa shape index (κ3) is 4.23.